The van der Waals surface area contributed by atoms with Crippen LogP contribution in [-0.2, 0) is 11.0 Å². The van der Waals surface area contributed by atoms with Gasteiger partial charge in [0.05, 0.1) is 5.56 Å². The highest BCUT2D eigenvalue weighted by atomic mass is 19.4. The molecule has 0 spiro atoms. The van der Waals surface area contributed by atoms with Gasteiger partial charge in [-0.3, -0.25) is 4.79 Å². The Labute approximate surface area is 114 Å². The molecule has 0 aliphatic heterocycles. The maximum atomic E-state index is 12.5. The molecule has 20 heavy (non-hydrogen) atoms. The molecule has 0 saturated carbocycles. The second kappa shape index (κ2) is 6.57. The van der Waals surface area contributed by atoms with Gasteiger partial charge in [-0.25, -0.2) is 0 Å². The van der Waals surface area contributed by atoms with Gasteiger partial charge in [0.15, 0.2) is 0 Å². The number of halogens is 3. The number of benzene rings is 1. The molecular formula is C14H11F3N2O. The first-order valence-corrected chi connectivity index (χ1v) is 5.56. The fourth-order valence-corrected chi connectivity index (χ4v) is 1.38. The first kappa shape index (κ1) is 15.5. The summed E-state index contributed by atoms with van der Waals surface area (Å²) in [7, 11) is 0. The molecule has 0 fully saturated rings. The number of nitrogens with one attached hydrogen (secondary N) is 1. The first-order valence-electron chi connectivity index (χ1n) is 5.56. The molecule has 1 aromatic carbocycles. The lowest BCUT2D eigenvalue weighted by molar-refractivity contribution is -0.137. The van der Waals surface area contributed by atoms with Gasteiger partial charge < -0.3 is 5.32 Å². The molecule has 0 atom stereocenters. The smallest absolute Gasteiger partial charge is 0.348 e. The molecule has 0 unspecified atom stereocenters. The van der Waals surface area contributed by atoms with Gasteiger partial charge in [-0.15, -0.1) is 6.58 Å². The Morgan fingerprint density at radius 1 is 1.45 bits per heavy atom. The van der Waals surface area contributed by atoms with Crippen molar-refractivity contribution in [3.63, 3.8) is 0 Å². The number of carbonyl (C=O) groups excluding carboxylic acids is 1. The van der Waals surface area contributed by atoms with E-state index in [1.807, 2.05) is 0 Å². The molecule has 0 radical (unpaired) electrons. The molecule has 3 nitrogen and oxygen atoms in total. The first-order chi connectivity index (χ1) is 9.38. The zero-order valence-corrected chi connectivity index (χ0v) is 10.4. The van der Waals surface area contributed by atoms with Crippen molar-refractivity contribution in [2.75, 3.05) is 6.54 Å². The minimum Gasteiger partial charge on any atom is -0.348 e. The second-order valence-electron chi connectivity index (χ2n) is 3.79. The van der Waals surface area contributed by atoms with Gasteiger partial charge in [0, 0.05) is 6.54 Å². The number of alkyl halides is 3. The average Bonchev–Trinajstić information content (AvgIpc) is 2.41. The van der Waals surface area contributed by atoms with E-state index in [1.165, 1.54) is 18.2 Å². The highest BCUT2D eigenvalue weighted by Crippen LogP contribution is 2.29. The molecule has 0 aliphatic carbocycles. The largest absolute Gasteiger partial charge is 0.416 e. The molecule has 0 aromatic heterocycles. The topological polar surface area (TPSA) is 52.9 Å². The Morgan fingerprint density at radius 2 is 2.15 bits per heavy atom. The van der Waals surface area contributed by atoms with Gasteiger partial charge in [-0.2, -0.15) is 18.4 Å². The predicted molar refractivity (Wildman–Crippen MR) is 68.2 cm³/mol. The van der Waals surface area contributed by atoms with Crippen LogP contribution in [0.5, 0.6) is 0 Å². The number of nitrogens with zero attached hydrogens (tertiary/aromatic N) is 1. The molecule has 0 saturated heterocycles. The van der Waals surface area contributed by atoms with E-state index in [-0.39, 0.29) is 17.7 Å². The molecule has 1 amide bonds. The monoisotopic (exact) mass is 280 g/mol. The Kier molecular flexibility index (Phi) is 5.09. The molecule has 0 bridgehead atoms. The van der Waals surface area contributed by atoms with Crippen LogP contribution < -0.4 is 5.32 Å². The van der Waals surface area contributed by atoms with E-state index in [0.29, 0.717) is 0 Å². The molecule has 6 heteroatoms. The Balaban J connectivity index is 3.05. The Morgan fingerprint density at radius 3 is 2.70 bits per heavy atom. The minimum absolute atomic E-state index is 0.130. The lowest BCUT2D eigenvalue weighted by Gasteiger charge is -2.07. The summed E-state index contributed by atoms with van der Waals surface area (Å²) in [6, 6.07) is 6.04. The summed E-state index contributed by atoms with van der Waals surface area (Å²) in [4.78, 5) is 11.5. The van der Waals surface area contributed by atoms with Gasteiger partial charge in [-0.05, 0) is 23.8 Å². The van der Waals surface area contributed by atoms with Crippen LogP contribution in [0, 0.1) is 11.3 Å². The molecule has 0 heterocycles. The van der Waals surface area contributed by atoms with Crippen molar-refractivity contribution >= 4 is 12.0 Å². The highest BCUT2D eigenvalue weighted by molar-refractivity contribution is 6.01. The van der Waals surface area contributed by atoms with Crippen molar-refractivity contribution in [1.29, 1.82) is 5.26 Å². The highest BCUT2D eigenvalue weighted by Gasteiger charge is 2.30. The lowest BCUT2D eigenvalue weighted by atomic mass is 10.1. The van der Waals surface area contributed by atoms with Crippen LogP contribution in [0.25, 0.3) is 6.08 Å². The van der Waals surface area contributed by atoms with Crippen LogP contribution in [0.2, 0.25) is 0 Å². The number of rotatable bonds is 4. The lowest BCUT2D eigenvalue weighted by Crippen LogP contribution is -2.24. The van der Waals surface area contributed by atoms with Crippen LogP contribution in [0.15, 0.2) is 42.5 Å². The third-order valence-corrected chi connectivity index (χ3v) is 2.30. The molecular weight excluding hydrogens is 269 g/mol. The predicted octanol–water partition coefficient (Wildman–Crippen LogP) is 2.91. The minimum atomic E-state index is -4.47. The van der Waals surface area contributed by atoms with E-state index < -0.39 is 17.6 Å². The molecule has 1 rings (SSSR count). The third-order valence-electron chi connectivity index (χ3n) is 2.30. The fraction of sp³-hybridized carbons (Fsp3) is 0.143. The van der Waals surface area contributed by atoms with E-state index in [2.05, 4.69) is 11.9 Å². The molecule has 1 aromatic rings. The summed E-state index contributed by atoms with van der Waals surface area (Å²) in [6.07, 6.45) is -1.94. The summed E-state index contributed by atoms with van der Waals surface area (Å²) in [5, 5.41) is 11.2. The van der Waals surface area contributed by atoms with Crippen molar-refractivity contribution in [2.45, 2.75) is 6.18 Å². The van der Waals surface area contributed by atoms with E-state index in [4.69, 9.17) is 5.26 Å². The number of carbonyl (C=O) groups is 1. The fourth-order valence-electron chi connectivity index (χ4n) is 1.38. The van der Waals surface area contributed by atoms with Gasteiger partial charge in [0.2, 0.25) is 0 Å². The Bertz CT molecular complexity index is 583. The summed E-state index contributed by atoms with van der Waals surface area (Å²) in [6.45, 7) is 3.57. The number of amides is 1. The van der Waals surface area contributed by atoms with E-state index in [9.17, 15) is 18.0 Å². The van der Waals surface area contributed by atoms with Crippen LogP contribution in [-0.4, -0.2) is 12.5 Å². The van der Waals surface area contributed by atoms with Crippen molar-refractivity contribution in [3.8, 4) is 6.07 Å². The quantitative estimate of drug-likeness (QED) is 0.524. The van der Waals surface area contributed by atoms with Gasteiger partial charge in [0.25, 0.3) is 5.91 Å². The number of hydrogen-bond acceptors (Lipinski definition) is 2. The third kappa shape index (κ3) is 4.28. The van der Waals surface area contributed by atoms with E-state index in [1.54, 1.807) is 6.07 Å². The zero-order chi connectivity index (χ0) is 15.2. The van der Waals surface area contributed by atoms with Crippen LogP contribution in [0.1, 0.15) is 11.1 Å². The van der Waals surface area contributed by atoms with E-state index >= 15 is 0 Å². The SMILES string of the molecule is C=CCNC(=O)/C(C#N)=C/c1cccc(C(F)(F)F)c1. The number of nitriles is 1. The summed E-state index contributed by atoms with van der Waals surface area (Å²) >= 11 is 0. The summed E-state index contributed by atoms with van der Waals surface area (Å²) in [5.41, 5.74) is -0.980. The van der Waals surface area contributed by atoms with Crippen LogP contribution >= 0.6 is 0 Å². The normalized spacial score (nSPS) is 11.6. The summed E-state index contributed by atoms with van der Waals surface area (Å²) < 4.78 is 37.6. The van der Waals surface area contributed by atoms with Gasteiger partial charge >= 0.3 is 6.18 Å². The van der Waals surface area contributed by atoms with Gasteiger partial charge in [0.1, 0.15) is 11.6 Å². The van der Waals surface area contributed by atoms with Crippen LogP contribution in [0.3, 0.4) is 0 Å². The maximum absolute atomic E-state index is 12.5. The zero-order valence-electron chi connectivity index (χ0n) is 10.4. The van der Waals surface area contributed by atoms with Crippen molar-refractivity contribution in [2.24, 2.45) is 0 Å². The van der Waals surface area contributed by atoms with Gasteiger partial charge in [-0.1, -0.05) is 18.2 Å². The van der Waals surface area contributed by atoms with Crippen molar-refractivity contribution < 1.29 is 18.0 Å². The maximum Gasteiger partial charge on any atom is 0.416 e. The van der Waals surface area contributed by atoms with Crippen LogP contribution in [0.4, 0.5) is 13.2 Å². The molecule has 104 valence electrons. The average molecular weight is 280 g/mol. The second-order valence-corrected chi connectivity index (χ2v) is 3.79. The molecule has 0 aliphatic rings. The Hall–Kier alpha value is -2.55. The van der Waals surface area contributed by atoms with Crippen molar-refractivity contribution in [3.05, 3.63) is 53.6 Å². The van der Waals surface area contributed by atoms with E-state index in [0.717, 1.165) is 18.2 Å². The standard InChI is InChI=1S/C14H11F3N2O/c1-2-6-19-13(20)11(9-18)7-10-4-3-5-12(8-10)14(15,16)17/h2-5,7-8H,1,6H2,(H,19,20)/b11-7+. The van der Waals surface area contributed by atoms with Crippen molar-refractivity contribution in [1.82, 2.24) is 5.32 Å². The molecule has 1 N–H and O–H groups in total. The summed E-state index contributed by atoms with van der Waals surface area (Å²) in [5.74, 6) is -0.662. The number of hydrogen-bond donors (Lipinski definition) is 1.